The highest BCUT2D eigenvalue weighted by atomic mass is 16.5. The zero-order valence-electron chi connectivity index (χ0n) is 21.9. The van der Waals surface area contributed by atoms with Gasteiger partial charge in [-0.2, -0.15) is 0 Å². The molecule has 2 amide bonds. The van der Waals surface area contributed by atoms with Gasteiger partial charge in [0, 0.05) is 41.4 Å². The first kappa shape index (κ1) is 25.7. The van der Waals surface area contributed by atoms with Gasteiger partial charge in [0.2, 0.25) is 0 Å². The van der Waals surface area contributed by atoms with Crippen LogP contribution in [0.15, 0.2) is 103 Å². The van der Waals surface area contributed by atoms with Crippen molar-refractivity contribution in [1.29, 1.82) is 0 Å². The molecule has 0 saturated carbocycles. The van der Waals surface area contributed by atoms with E-state index in [1.54, 1.807) is 25.2 Å². The fourth-order valence-electron chi connectivity index (χ4n) is 4.58. The Balaban J connectivity index is 1.22. The van der Waals surface area contributed by atoms with Gasteiger partial charge < -0.3 is 15.4 Å². The van der Waals surface area contributed by atoms with E-state index in [1.165, 1.54) is 0 Å². The number of aromatic nitrogens is 1. The molecular weight excluding hydrogens is 486 g/mol. The second-order valence-corrected chi connectivity index (χ2v) is 9.26. The zero-order chi connectivity index (χ0) is 27.2. The van der Waals surface area contributed by atoms with Crippen molar-refractivity contribution >= 4 is 22.7 Å². The molecule has 0 saturated heterocycles. The van der Waals surface area contributed by atoms with E-state index in [0.29, 0.717) is 30.0 Å². The van der Waals surface area contributed by atoms with Crippen LogP contribution in [0.4, 0.5) is 0 Å². The van der Waals surface area contributed by atoms with Crippen LogP contribution in [0.2, 0.25) is 0 Å². The fourth-order valence-corrected chi connectivity index (χ4v) is 4.58. The molecule has 0 aliphatic heterocycles. The summed E-state index contributed by atoms with van der Waals surface area (Å²) < 4.78 is 6.02. The number of hydrogen-bond donors (Lipinski definition) is 2. The maximum atomic E-state index is 12.8. The lowest BCUT2D eigenvalue weighted by molar-refractivity contribution is 0.0947. The Morgan fingerprint density at radius 2 is 1.59 bits per heavy atom. The minimum Gasteiger partial charge on any atom is -0.489 e. The Kier molecular flexibility index (Phi) is 7.64. The van der Waals surface area contributed by atoms with Crippen LogP contribution >= 0.6 is 0 Å². The molecule has 39 heavy (non-hydrogen) atoms. The number of para-hydroxylation sites is 1. The van der Waals surface area contributed by atoms with Gasteiger partial charge in [-0.15, -0.1) is 0 Å². The van der Waals surface area contributed by atoms with Crippen molar-refractivity contribution < 1.29 is 14.3 Å². The summed E-state index contributed by atoms with van der Waals surface area (Å²) in [5.74, 6) is 0.377. The maximum Gasteiger partial charge on any atom is 0.251 e. The molecule has 0 unspecified atom stereocenters. The van der Waals surface area contributed by atoms with Crippen LogP contribution in [-0.2, 0) is 13.2 Å². The average Bonchev–Trinajstić information content (AvgIpc) is 2.98. The van der Waals surface area contributed by atoms with Crippen LogP contribution in [0.3, 0.4) is 0 Å². The first-order chi connectivity index (χ1) is 19.0. The summed E-state index contributed by atoms with van der Waals surface area (Å²) >= 11 is 0. The van der Waals surface area contributed by atoms with Crippen LogP contribution < -0.4 is 15.4 Å². The van der Waals surface area contributed by atoms with Gasteiger partial charge >= 0.3 is 0 Å². The Labute approximate surface area is 227 Å². The number of pyridine rings is 1. The molecule has 5 rings (SSSR count). The number of rotatable bonds is 8. The van der Waals surface area contributed by atoms with Crippen molar-refractivity contribution in [2.75, 3.05) is 7.05 Å². The van der Waals surface area contributed by atoms with E-state index >= 15 is 0 Å². The highest BCUT2D eigenvalue weighted by Gasteiger charge is 2.12. The quantitative estimate of drug-likeness (QED) is 0.263. The number of ether oxygens (including phenoxy) is 1. The van der Waals surface area contributed by atoms with Gasteiger partial charge in [-0.3, -0.25) is 14.6 Å². The van der Waals surface area contributed by atoms with Gasteiger partial charge in [-0.05, 0) is 72.1 Å². The number of nitrogens with one attached hydrogen (secondary N) is 2. The fraction of sp³-hybridized carbons (Fsp3) is 0.121. The second-order valence-electron chi connectivity index (χ2n) is 9.26. The number of hydrogen-bond acceptors (Lipinski definition) is 4. The third-order valence-electron chi connectivity index (χ3n) is 6.53. The Morgan fingerprint density at radius 1 is 0.821 bits per heavy atom. The minimum absolute atomic E-state index is 0.138. The number of carbonyl (C=O) groups excluding carboxylic acids is 2. The van der Waals surface area contributed by atoms with Gasteiger partial charge in [-0.25, -0.2) is 0 Å². The second kappa shape index (κ2) is 11.6. The van der Waals surface area contributed by atoms with Crippen molar-refractivity contribution in [3.05, 3.63) is 131 Å². The van der Waals surface area contributed by atoms with Crippen LogP contribution in [-0.4, -0.2) is 23.8 Å². The van der Waals surface area contributed by atoms with E-state index in [-0.39, 0.29) is 11.8 Å². The molecular formula is C33H29N3O3. The van der Waals surface area contributed by atoms with E-state index in [2.05, 4.69) is 15.6 Å². The molecule has 5 aromatic rings. The standard InChI is InChI=1S/C33H29N3O3/c1-22-18-26(29-11-5-6-13-31(29)36-22)21-39-27-16-14-24(15-17-27)32(37)35-20-23-8-7-9-25(19-23)28-10-3-4-12-30(28)33(38)34-2/h3-19H,20-21H2,1-2H3,(H,34,38)(H,35,37). The van der Waals surface area contributed by atoms with Gasteiger partial charge in [0.25, 0.3) is 11.8 Å². The number of carbonyl (C=O) groups is 2. The number of aryl methyl sites for hydroxylation is 1. The molecule has 194 valence electrons. The largest absolute Gasteiger partial charge is 0.489 e. The van der Waals surface area contributed by atoms with Crippen LogP contribution in [0.1, 0.15) is 37.5 Å². The Hall–Kier alpha value is -4.97. The third kappa shape index (κ3) is 5.96. The Morgan fingerprint density at radius 3 is 2.41 bits per heavy atom. The van der Waals surface area contributed by atoms with Crippen molar-refractivity contribution in [2.24, 2.45) is 0 Å². The lowest BCUT2D eigenvalue weighted by Gasteiger charge is -2.12. The maximum absolute atomic E-state index is 12.8. The van der Waals surface area contributed by atoms with Gasteiger partial charge in [0.15, 0.2) is 0 Å². The van der Waals surface area contributed by atoms with E-state index < -0.39 is 0 Å². The highest BCUT2D eigenvalue weighted by Crippen LogP contribution is 2.25. The van der Waals surface area contributed by atoms with Crippen molar-refractivity contribution in [3.63, 3.8) is 0 Å². The van der Waals surface area contributed by atoms with Crippen LogP contribution in [0, 0.1) is 6.92 Å². The molecule has 1 heterocycles. The summed E-state index contributed by atoms with van der Waals surface area (Å²) in [5, 5.41) is 6.74. The molecule has 0 fully saturated rings. The first-order valence-electron chi connectivity index (χ1n) is 12.8. The first-order valence-corrected chi connectivity index (χ1v) is 12.8. The van der Waals surface area contributed by atoms with Crippen LogP contribution in [0.5, 0.6) is 5.75 Å². The van der Waals surface area contributed by atoms with Gasteiger partial charge in [0.1, 0.15) is 12.4 Å². The lowest BCUT2D eigenvalue weighted by Crippen LogP contribution is -2.22. The highest BCUT2D eigenvalue weighted by molar-refractivity contribution is 6.00. The van der Waals surface area contributed by atoms with Crippen molar-refractivity contribution in [2.45, 2.75) is 20.1 Å². The van der Waals surface area contributed by atoms with E-state index in [1.807, 2.05) is 91.9 Å². The minimum atomic E-state index is -0.173. The third-order valence-corrected chi connectivity index (χ3v) is 6.53. The molecule has 0 spiro atoms. The van der Waals surface area contributed by atoms with E-state index in [9.17, 15) is 9.59 Å². The molecule has 0 aliphatic rings. The summed E-state index contributed by atoms with van der Waals surface area (Å²) in [6, 6.07) is 32.5. The molecule has 0 atom stereocenters. The van der Waals surface area contributed by atoms with Crippen molar-refractivity contribution in [1.82, 2.24) is 15.6 Å². The van der Waals surface area contributed by atoms with Crippen LogP contribution in [0.25, 0.3) is 22.0 Å². The normalized spacial score (nSPS) is 10.7. The van der Waals surface area contributed by atoms with Gasteiger partial charge in [-0.1, -0.05) is 54.6 Å². The predicted molar refractivity (Wildman–Crippen MR) is 154 cm³/mol. The molecule has 6 heteroatoms. The average molecular weight is 516 g/mol. The van der Waals surface area contributed by atoms with E-state index in [0.717, 1.165) is 38.9 Å². The summed E-state index contributed by atoms with van der Waals surface area (Å²) in [6.45, 7) is 2.75. The van der Waals surface area contributed by atoms with Gasteiger partial charge in [0.05, 0.1) is 5.52 Å². The summed E-state index contributed by atoms with van der Waals surface area (Å²) in [6.07, 6.45) is 0. The van der Waals surface area contributed by atoms with E-state index in [4.69, 9.17) is 4.74 Å². The molecule has 1 aromatic heterocycles. The zero-order valence-corrected chi connectivity index (χ0v) is 21.9. The number of nitrogens with zero attached hydrogens (tertiary/aromatic N) is 1. The SMILES string of the molecule is CNC(=O)c1ccccc1-c1cccc(CNC(=O)c2ccc(OCc3cc(C)nc4ccccc34)cc2)c1. The molecule has 0 bridgehead atoms. The number of benzene rings is 4. The molecule has 0 aliphatic carbocycles. The Bertz CT molecular complexity index is 1640. The number of fused-ring (bicyclic) bond motifs is 1. The summed E-state index contributed by atoms with van der Waals surface area (Å²) in [7, 11) is 1.62. The predicted octanol–water partition coefficient (Wildman–Crippen LogP) is 6.08. The topological polar surface area (TPSA) is 80.3 Å². The molecule has 6 nitrogen and oxygen atoms in total. The smallest absolute Gasteiger partial charge is 0.251 e. The summed E-state index contributed by atoms with van der Waals surface area (Å²) in [4.78, 5) is 29.7. The molecule has 0 radical (unpaired) electrons. The lowest BCUT2D eigenvalue weighted by atomic mass is 9.97. The molecule has 2 N–H and O–H groups in total. The molecule has 4 aromatic carbocycles. The monoisotopic (exact) mass is 515 g/mol. The summed E-state index contributed by atoms with van der Waals surface area (Å²) in [5.41, 5.74) is 6.82. The number of amides is 2. The van der Waals surface area contributed by atoms with Crippen molar-refractivity contribution in [3.8, 4) is 16.9 Å².